The average Bonchev–Trinajstić information content (AvgIpc) is 2.53. The maximum Gasteiger partial charge on any atom is 0.103 e. The number of alkyl halides is 1. The predicted octanol–water partition coefficient (Wildman–Crippen LogP) is 3.68. The third-order valence-corrected chi connectivity index (χ3v) is 4.64. The van der Waals surface area contributed by atoms with Crippen LogP contribution in [-0.2, 0) is 11.1 Å². The number of nitrogens with zero attached hydrogens (tertiary/aromatic N) is 1. The fourth-order valence-corrected chi connectivity index (χ4v) is 3.00. The fraction of sp³-hybridized carbons (Fsp3) is 0.625. The quantitative estimate of drug-likeness (QED) is 0.595. The molecule has 1 nitrogen and oxygen atoms in total. The molecule has 0 saturated heterocycles. The van der Waals surface area contributed by atoms with E-state index in [-0.39, 0.29) is 0 Å². The molecule has 1 aromatic heterocycles. The second-order valence-corrected chi connectivity index (χ2v) is 5.27. The summed E-state index contributed by atoms with van der Waals surface area (Å²) < 4.78 is 0. The van der Waals surface area contributed by atoms with Crippen LogP contribution in [0.15, 0.2) is 6.20 Å². The van der Waals surface area contributed by atoms with E-state index in [2.05, 4.69) is 27.8 Å². The third-order valence-electron chi connectivity index (χ3n) is 1.31. The first kappa shape index (κ1) is 10.5. The van der Waals surface area contributed by atoms with E-state index in [4.69, 9.17) is 0 Å². The molecule has 12 heavy (non-hydrogen) atoms. The van der Waals surface area contributed by atoms with E-state index in [9.17, 15) is 0 Å². The highest BCUT2D eigenvalue weighted by Gasteiger charge is 1.99. The Bertz CT molecular complexity index is 225. The molecule has 0 bridgehead atoms. The van der Waals surface area contributed by atoms with Gasteiger partial charge >= 0.3 is 0 Å². The number of hydrogen-bond acceptors (Lipinski definition) is 3. The number of halogens is 1. The summed E-state index contributed by atoms with van der Waals surface area (Å²) in [5.41, 5.74) is 0. The van der Waals surface area contributed by atoms with Crippen LogP contribution < -0.4 is 0 Å². The van der Waals surface area contributed by atoms with Crippen molar-refractivity contribution in [1.29, 1.82) is 0 Å². The fourth-order valence-electron chi connectivity index (χ4n) is 0.780. The number of thioether (sulfide) groups is 1. The molecule has 0 unspecified atom stereocenters. The van der Waals surface area contributed by atoms with Crippen molar-refractivity contribution in [2.24, 2.45) is 0 Å². The van der Waals surface area contributed by atoms with Gasteiger partial charge in [0.2, 0.25) is 0 Å². The van der Waals surface area contributed by atoms with Crippen molar-refractivity contribution in [1.82, 2.24) is 4.98 Å². The number of hydrogen-bond donors (Lipinski definition) is 0. The van der Waals surface area contributed by atoms with Gasteiger partial charge in [0, 0.05) is 22.2 Å². The third kappa shape index (κ3) is 3.46. The van der Waals surface area contributed by atoms with Crippen LogP contribution in [-0.4, -0.2) is 10.7 Å². The van der Waals surface area contributed by atoms with Gasteiger partial charge in [-0.1, -0.05) is 22.9 Å². The monoisotopic (exact) mass is 265 g/mol. The van der Waals surface area contributed by atoms with Crippen molar-refractivity contribution in [3.05, 3.63) is 16.1 Å². The molecule has 0 aliphatic rings. The molecule has 68 valence electrons. The summed E-state index contributed by atoms with van der Waals surface area (Å²) in [5.74, 6) is 2.31. The van der Waals surface area contributed by atoms with Gasteiger partial charge in [0.05, 0.1) is 0 Å². The minimum atomic E-state index is 0.934. The maximum absolute atomic E-state index is 4.33. The Morgan fingerprint density at radius 1 is 1.67 bits per heavy atom. The van der Waals surface area contributed by atoms with Crippen molar-refractivity contribution < 1.29 is 0 Å². The lowest BCUT2D eigenvalue weighted by atomic mass is 10.6. The number of thiazole rings is 1. The normalized spacial score (nSPS) is 10.5. The molecule has 0 aliphatic heterocycles. The first-order valence-electron chi connectivity index (χ1n) is 3.94. The lowest BCUT2D eigenvalue weighted by molar-refractivity contribution is 1.10. The average molecular weight is 266 g/mol. The van der Waals surface area contributed by atoms with Gasteiger partial charge in [-0.05, 0) is 12.2 Å². The standard InChI is InChI=1S/C8H12BrNS2/c1-2-3-11-6-8-10-5-7(4-9)12-8/h5H,2-4,6H2,1H3. The zero-order valence-corrected chi connectivity index (χ0v) is 10.3. The molecule has 0 saturated carbocycles. The molecule has 0 atom stereocenters. The SMILES string of the molecule is CCCSCc1ncc(CBr)s1. The molecule has 0 amide bonds. The van der Waals surface area contributed by atoms with Crippen LogP contribution in [0.25, 0.3) is 0 Å². The summed E-state index contributed by atoms with van der Waals surface area (Å²) in [6, 6.07) is 0. The van der Waals surface area contributed by atoms with E-state index >= 15 is 0 Å². The Balaban J connectivity index is 2.31. The molecular formula is C8H12BrNS2. The Kier molecular flexibility index (Phi) is 5.27. The molecule has 4 heteroatoms. The summed E-state index contributed by atoms with van der Waals surface area (Å²) in [7, 11) is 0. The molecule has 0 fully saturated rings. The summed E-state index contributed by atoms with van der Waals surface area (Å²) >= 11 is 7.18. The Hall–Kier alpha value is 0.460. The van der Waals surface area contributed by atoms with Gasteiger partial charge in [0.25, 0.3) is 0 Å². The molecular weight excluding hydrogens is 254 g/mol. The van der Waals surface area contributed by atoms with Crippen LogP contribution in [0.2, 0.25) is 0 Å². The van der Waals surface area contributed by atoms with E-state index in [0.29, 0.717) is 0 Å². The Labute approximate surface area is 90.1 Å². The maximum atomic E-state index is 4.33. The molecule has 0 aromatic carbocycles. The molecule has 1 aromatic rings. The highest BCUT2D eigenvalue weighted by molar-refractivity contribution is 9.08. The largest absolute Gasteiger partial charge is 0.248 e. The van der Waals surface area contributed by atoms with E-state index in [0.717, 1.165) is 11.1 Å². The number of rotatable bonds is 5. The van der Waals surface area contributed by atoms with Crippen LogP contribution in [0.1, 0.15) is 23.2 Å². The smallest absolute Gasteiger partial charge is 0.103 e. The van der Waals surface area contributed by atoms with Gasteiger partial charge in [-0.15, -0.1) is 11.3 Å². The van der Waals surface area contributed by atoms with Gasteiger partial charge in [0.1, 0.15) is 5.01 Å². The minimum Gasteiger partial charge on any atom is -0.248 e. The summed E-state index contributed by atoms with van der Waals surface area (Å²) in [6.07, 6.45) is 3.21. The van der Waals surface area contributed by atoms with E-state index < -0.39 is 0 Å². The Morgan fingerprint density at radius 2 is 2.50 bits per heavy atom. The van der Waals surface area contributed by atoms with Crippen LogP contribution in [0.4, 0.5) is 0 Å². The molecule has 0 N–H and O–H groups in total. The van der Waals surface area contributed by atoms with Crippen LogP contribution in [0, 0.1) is 0 Å². The van der Waals surface area contributed by atoms with Crippen LogP contribution in [0.5, 0.6) is 0 Å². The Morgan fingerprint density at radius 3 is 3.08 bits per heavy atom. The first-order valence-corrected chi connectivity index (χ1v) is 7.03. The van der Waals surface area contributed by atoms with Gasteiger partial charge in [0.15, 0.2) is 0 Å². The lowest BCUT2D eigenvalue weighted by Crippen LogP contribution is -1.78. The molecule has 0 radical (unpaired) electrons. The molecule has 0 spiro atoms. The zero-order chi connectivity index (χ0) is 8.81. The molecule has 1 heterocycles. The highest BCUT2D eigenvalue weighted by atomic mass is 79.9. The number of aromatic nitrogens is 1. The second kappa shape index (κ2) is 6.00. The summed E-state index contributed by atoms with van der Waals surface area (Å²) in [6.45, 7) is 2.21. The van der Waals surface area contributed by atoms with Gasteiger partial charge in [-0.2, -0.15) is 11.8 Å². The van der Waals surface area contributed by atoms with Crippen molar-refractivity contribution in [3.8, 4) is 0 Å². The van der Waals surface area contributed by atoms with Gasteiger partial charge in [-0.3, -0.25) is 0 Å². The summed E-state index contributed by atoms with van der Waals surface area (Å²) in [5, 5.41) is 2.19. The van der Waals surface area contributed by atoms with Gasteiger partial charge in [-0.25, -0.2) is 4.98 Å². The zero-order valence-electron chi connectivity index (χ0n) is 7.05. The van der Waals surface area contributed by atoms with Gasteiger partial charge < -0.3 is 0 Å². The molecule has 1 rings (SSSR count). The topological polar surface area (TPSA) is 12.9 Å². The minimum absolute atomic E-state index is 0.934. The molecule has 0 aliphatic carbocycles. The van der Waals surface area contributed by atoms with Crippen molar-refractivity contribution in [3.63, 3.8) is 0 Å². The summed E-state index contributed by atoms with van der Waals surface area (Å²) in [4.78, 5) is 5.65. The van der Waals surface area contributed by atoms with Crippen LogP contribution >= 0.6 is 39.0 Å². The first-order chi connectivity index (χ1) is 5.86. The van der Waals surface area contributed by atoms with E-state index in [1.165, 1.54) is 22.1 Å². The van der Waals surface area contributed by atoms with E-state index in [1.54, 1.807) is 11.3 Å². The second-order valence-electron chi connectivity index (χ2n) is 2.41. The lowest BCUT2D eigenvalue weighted by Gasteiger charge is -1.93. The van der Waals surface area contributed by atoms with Crippen molar-refractivity contribution in [2.75, 3.05) is 5.75 Å². The highest BCUT2D eigenvalue weighted by Crippen LogP contribution is 2.20. The van der Waals surface area contributed by atoms with Crippen molar-refractivity contribution in [2.45, 2.75) is 24.4 Å². The van der Waals surface area contributed by atoms with Crippen molar-refractivity contribution >= 4 is 39.0 Å². The van der Waals surface area contributed by atoms with E-state index in [1.807, 2.05) is 18.0 Å². The van der Waals surface area contributed by atoms with Crippen LogP contribution in [0.3, 0.4) is 0 Å². The predicted molar refractivity (Wildman–Crippen MR) is 61.2 cm³/mol.